The lowest BCUT2D eigenvalue weighted by Crippen LogP contribution is -2.04. The number of aromatic amines is 1. The van der Waals surface area contributed by atoms with Gasteiger partial charge in [-0.25, -0.2) is 0 Å². The van der Waals surface area contributed by atoms with E-state index in [1.54, 1.807) is 18.2 Å². The highest BCUT2D eigenvalue weighted by Crippen LogP contribution is 2.32. The molecular weight excluding hydrogens is 219 g/mol. The Morgan fingerprint density at radius 3 is 2.62 bits per heavy atom. The maximum absolute atomic E-state index is 12.5. The number of hydrogen-bond acceptors (Lipinski definition) is 1. The highest BCUT2D eigenvalue weighted by Gasteiger charge is 2.32. The van der Waals surface area contributed by atoms with E-state index in [-0.39, 0.29) is 6.61 Å². The summed E-state index contributed by atoms with van der Waals surface area (Å²) in [4.78, 5) is 2.33. The minimum Gasteiger partial charge on any atom is -0.396 e. The van der Waals surface area contributed by atoms with Crippen LogP contribution in [0.5, 0.6) is 0 Å². The van der Waals surface area contributed by atoms with E-state index in [0.717, 1.165) is 6.07 Å². The van der Waals surface area contributed by atoms with Crippen molar-refractivity contribution in [2.45, 2.75) is 12.6 Å². The summed E-state index contributed by atoms with van der Waals surface area (Å²) >= 11 is 0. The van der Waals surface area contributed by atoms with Crippen LogP contribution in [0.15, 0.2) is 24.3 Å². The molecule has 16 heavy (non-hydrogen) atoms. The number of aliphatic hydroxyl groups excluding tert-OH is 1. The minimum absolute atomic E-state index is 0.0777. The highest BCUT2D eigenvalue weighted by molar-refractivity contribution is 5.84. The van der Waals surface area contributed by atoms with Gasteiger partial charge in [-0.1, -0.05) is 12.1 Å². The molecule has 0 fully saturated rings. The molecule has 0 saturated heterocycles. The van der Waals surface area contributed by atoms with Gasteiger partial charge in [-0.2, -0.15) is 13.2 Å². The quantitative estimate of drug-likeness (QED) is 0.816. The number of nitrogens with one attached hydrogen (secondary N) is 1. The van der Waals surface area contributed by atoms with E-state index in [9.17, 15) is 13.2 Å². The number of H-pyrrole nitrogens is 1. The molecule has 5 heteroatoms. The molecule has 0 saturated carbocycles. The molecule has 0 unspecified atom stereocenters. The highest BCUT2D eigenvalue weighted by atomic mass is 19.4. The first-order valence-electron chi connectivity index (χ1n) is 4.81. The second kappa shape index (κ2) is 3.83. The fraction of sp³-hybridized carbons (Fsp3) is 0.273. The lowest BCUT2D eigenvalue weighted by Gasteiger charge is -2.00. The molecule has 2 aromatic rings. The van der Waals surface area contributed by atoms with E-state index < -0.39 is 11.9 Å². The molecule has 0 amide bonds. The molecule has 0 radical (unpaired) electrons. The van der Waals surface area contributed by atoms with E-state index in [1.807, 2.05) is 0 Å². The zero-order valence-electron chi connectivity index (χ0n) is 8.30. The van der Waals surface area contributed by atoms with Gasteiger partial charge >= 0.3 is 6.18 Å². The van der Waals surface area contributed by atoms with Gasteiger partial charge in [0.25, 0.3) is 0 Å². The van der Waals surface area contributed by atoms with E-state index in [2.05, 4.69) is 4.98 Å². The number of benzene rings is 1. The number of rotatable bonds is 2. The number of hydrogen-bond donors (Lipinski definition) is 2. The van der Waals surface area contributed by atoms with Gasteiger partial charge in [0.15, 0.2) is 0 Å². The number of aromatic nitrogens is 1. The van der Waals surface area contributed by atoms with Gasteiger partial charge in [0.2, 0.25) is 0 Å². The predicted octanol–water partition coefficient (Wildman–Crippen LogP) is 2.72. The molecular formula is C11H10F3NO. The number of halogens is 3. The third kappa shape index (κ3) is 1.90. The van der Waals surface area contributed by atoms with Gasteiger partial charge < -0.3 is 10.1 Å². The molecule has 86 valence electrons. The van der Waals surface area contributed by atoms with Crippen LogP contribution in [0, 0.1) is 0 Å². The van der Waals surface area contributed by atoms with Crippen molar-refractivity contribution in [2.75, 3.05) is 6.61 Å². The second-order valence-electron chi connectivity index (χ2n) is 3.53. The summed E-state index contributed by atoms with van der Waals surface area (Å²) in [7, 11) is 0. The number of aliphatic hydroxyl groups is 1. The molecule has 2 N–H and O–H groups in total. The molecule has 1 aromatic heterocycles. The van der Waals surface area contributed by atoms with E-state index in [1.165, 1.54) is 0 Å². The average Bonchev–Trinajstić information content (AvgIpc) is 2.62. The lowest BCUT2D eigenvalue weighted by molar-refractivity contribution is -0.140. The Morgan fingerprint density at radius 1 is 1.25 bits per heavy atom. The van der Waals surface area contributed by atoms with Crippen molar-refractivity contribution >= 4 is 10.9 Å². The van der Waals surface area contributed by atoms with E-state index in [4.69, 9.17) is 5.11 Å². The molecule has 2 rings (SSSR count). The molecule has 0 atom stereocenters. The van der Waals surface area contributed by atoms with Gasteiger partial charge in [0.05, 0.1) is 0 Å². The van der Waals surface area contributed by atoms with Crippen LogP contribution in [0.3, 0.4) is 0 Å². The summed E-state index contributed by atoms with van der Waals surface area (Å²) in [6.45, 7) is -0.0777. The first-order valence-corrected chi connectivity index (χ1v) is 4.81. The van der Waals surface area contributed by atoms with Gasteiger partial charge in [-0.05, 0) is 24.1 Å². The molecule has 0 aliphatic heterocycles. The predicted molar refractivity (Wildman–Crippen MR) is 54.1 cm³/mol. The standard InChI is InChI=1S/C11H10F3NO/c12-11(13,14)10-6-8-7(4-5-16)2-1-3-9(8)15-10/h1-3,6,15-16H,4-5H2. The zero-order valence-corrected chi connectivity index (χ0v) is 8.30. The topological polar surface area (TPSA) is 36.0 Å². The Morgan fingerprint density at radius 2 is 2.00 bits per heavy atom. The molecule has 2 nitrogen and oxygen atoms in total. The van der Waals surface area contributed by atoms with Crippen LogP contribution in [0.4, 0.5) is 13.2 Å². The first-order chi connectivity index (χ1) is 7.52. The Balaban J connectivity index is 2.57. The molecule has 1 heterocycles. The molecule has 0 spiro atoms. The molecule has 0 aliphatic rings. The van der Waals surface area contributed by atoms with Crippen molar-refractivity contribution in [3.05, 3.63) is 35.5 Å². The summed E-state index contributed by atoms with van der Waals surface area (Å²) in [5.74, 6) is 0. The maximum Gasteiger partial charge on any atom is 0.431 e. The van der Waals surface area contributed by atoms with Crippen LogP contribution in [0.2, 0.25) is 0 Å². The van der Waals surface area contributed by atoms with Crippen LogP contribution in [-0.4, -0.2) is 16.7 Å². The van der Waals surface area contributed by atoms with Crippen molar-refractivity contribution in [1.82, 2.24) is 4.98 Å². The largest absolute Gasteiger partial charge is 0.431 e. The van der Waals surface area contributed by atoms with Crippen LogP contribution >= 0.6 is 0 Å². The summed E-state index contributed by atoms with van der Waals surface area (Å²) in [5.41, 5.74) is 0.401. The van der Waals surface area contributed by atoms with Crippen molar-refractivity contribution < 1.29 is 18.3 Å². The Hall–Kier alpha value is -1.49. The maximum atomic E-state index is 12.5. The second-order valence-corrected chi connectivity index (χ2v) is 3.53. The van der Waals surface area contributed by atoms with Crippen LogP contribution in [0.1, 0.15) is 11.3 Å². The van der Waals surface area contributed by atoms with E-state index in [0.29, 0.717) is 22.9 Å². The SMILES string of the molecule is OCCc1cccc2[nH]c(C(F)(F)F)cc12. The van der Waals surface area contributed by atoms with Gasteiger partial charge in [-0.15, -0.1) is 0 Å². The minimum atomic E-state index is -4.37. The molecule has 0 aliphatic carbocycles. The first kappa shape index (κ1) is 11.0. The molecule has 1 aromatic carbocycles. The summed E-state index contributed by atoms with van der Waals surface area (Å²) in [6.07, 6.45) is -4.01. The van der Waals surface area contributed by atoms with Gasteiger partial charge in [0, 0.05) is 17.5 Å². The van der Waals surface area contributed by atoms with Crippen molar-refractivity contribution in [3.8, 4) is 0 Å². The van der Waals surface area contributed by atoms with Crippen LogP contribution < -0.4 is 0 Å². The zero-order chi connectivity index (χ0) is 11.8. The fourth-order valence-corrected chi connectivity index (χ4v) is 1.71. The van der Waals surface area contributed by atoms with Crippen molar-refractivity contribution in [1.29, 1.82) is 0 Å². The average molecular weight is 229 g/mol. The van der Waals surface area contributed by atoms with Crippen molar-refractivity contribution in [2.24, 2.45) is 0 Å². The fourth-order valence-electron chi connectivity index (χ4n) is 1.71. The van der Waals surface area contributed by atoms with Gasteiger partial charge in [-0.3, -0.25) is 0 Å². The normalized spacial score (nSPS) is 12.2. The number of fused-ring (bicyclic) bond motifs is 1. The Kier molecular flexibility index (Phi) is 2.63. The number of alkyl halides is 3. The van der Waals surface area contributed by atoms with Crippen molar-refractivity contribution in [3.63, 3.8) is 0 Å². The van der Waals surface area contributed by atoms with E-state index >= 15 is 0 Å². The van der Waals surface area contributed by atoms with Crippen LogP contribution in [-0.2, 0) is 12.6 Å². The molecule has 0 bridgehead atoms. The van der Waals surface area contributed by atoms with Gasteiger partial charge in [0.1, 0.15) is 5.69 Å². The third-order valence-electron chi connectivity index (χ3n) is 2.44. The van der Waals surface area contributed by atoms with Crippen LogP contribution in [0.25, 0.3) is 10.9 Å². The summed E-state index contributed by atoms with van der Waals surface area (Å²) in [5, 5.41) is 9.33. The smallest absolute Gasteiger partial charge is 0.396 e. The third-order valence-corrected chi connectivity index (χ3v) is 2.44. The Bertz CT molecular complexity index is 501. The summed E-state index contributed by atoms with van der Waals surface area (Å²) < 4.78 is 37.4. The monoisotopic (exact) mass is 229 g/mol. The summed E-state index contributed by atoms with van der Waals surface area (Å²) in [6, 6.07) is 6.06. The Labute approximate surface area is 89.7 Å². The lowest BCUT2D eigenvalue weighted by atomic mass is 10.1.